The molecule has 0 bridgehead atoms. The molecule has 0 aromatic carbocycles. The van der Waals surface area contributed by atoms with Crippen molar-refractivity contribution >= 4 is 17.7 Å². The molecule has 1 N–H and O–H groups in total. The first-order chi connectivity index (χ1) is 7.22. The Kier molecular flexibility index (Phi) is 5.59. The third-order valence-electron chi connectivity index (χ3n) is 2.51. The number of likely N-dealkylation sites (tertiary alicyclic amines) is 1. The lowest BCUT2D eigenvalue weighted by molar-refractivity contribution is -0.137. The average molecular weight is 227 g/mol. The lowest BCUT2D eigenvalue weighted by Crippen LogP contribution is -2.38. The Hall–Kier alpha value is -0.660. The molecule has 1 saturated heterocycles. The lowest BCUT2D eigenvalue weighted by atomic mass is 10.1. The van der Waals surface area contributed by atoms with Gasteiger partial charge in [-0.1, -0.05) is 5.92 Å². The molecule has 0 radical (unpaired) electrons. The van der Waals surface area contributed by atoms with E-state index in [4.69, 9.17) is 11.5 Å². The Balaban J connectivity index is 2.23. The van der Waals surface area contributed by atoms with Crippen LogP contribution in [0.1, 0.15) is 19.3 Å². The average Bonchev–Trinajstić information content (AvgIpc) is 2.24. The van der Waals surface area contributed by atoms with Crippen molar-refractivity contribution < 1.29 is 9.90 Å². The Labute approximate surface area is 95.2 Å². The van der Waals surface area contributed by atoms with Crippen LogP contribution in [0.3, 0.4) is 0 Å². The summed E-state index contributed by atoms with van der Waals surface area (Å²) in [5.41, 5.74) is 0. The molecule has 1 unspecified atom stereocenters. The third kappa shape index (κ3) is 5.10. The van der Waals surface area contributed by atoms with Gasteiger partial charge in [-0.05, 0) is 19.4 Å². The standard InChI is InChI=1S/C11H17NO2S/c1-2-8-15-10-4-3-6-12(9-10)7-5-11(13)14/h1,10H,3-9H2,(H,13,14). The van der Waals surface area contributed by atoms with Gasteiger partial charge in [0.1, 0.15) is 0 Å². The maximum Gasteiger partial charge on any atom is 0.304 e. The summed E-state index contributed by atoms with van der Waals surface area (Å²) in [4.78, 5) is 12.7. The second-order valence-corrected chi connectivity index (χ2v) is 5.01. The molecular weight excluding hydrogens is 210 g/mol. The molecule has 1 rings (SSSR count). The zero-order valence-electron chi connectivity index (χ0n) is 8.82. The first kappa shape index (κ1) is 12.4. The number of hydrogen-bond donors (Lipinski definition) is 1. The van der Waals surface area contributed by atoms with Gasteiger partial charge in [0.15, 0.2) is 0 Å². The van der Waals surface area contributed by atoms with E-state index in [1.54, 1.807) is 0 Å². The normalized spacial score (nSPS) is 22.2. The quantitative estimate of drug-likeness (QED) is 0.719. The lowest BCUT2D eigenvalue weighted by Gasteiger charge is -2.31. The molecule has 1 aliphatic heterocycles. The van der Waals surface area contributed by atoms with E-state index in [2.05, 4.69) is 10.8 Å². The second kappa shape index (κ2) is 6.76. The molecule has 0 saturated carbocycles. The maximum absolute atomic E-state index is 10.4. The van der Waals surface area contributed by atoms with Crippen LogP contribution in [0, 0.1) is 12.3 Å². The Morgan fingerprint density at radius 3 is 3.13 bits per heavy atom. The number of rotatable bonds is 5. The molecule has 84 valence electrons. The minimum Gasteiger partial charge on any atom is -0.481 e. The highest BCUT2D eigenvalue weighted by atomic mass is 32.2. The van der Waals surface area contributed by atoms with E-state index >= 15 is 0 Å². The molecule has 15 heavy (non-hydrogen) atoms. The zero-order chi connectivity index (χ0) is 11.1. The van der Waals surface area contributed by atoms with E-state index in [9.17, 15) is 4.79 Å². The molecule has 1 atom stereocenters. The SMILES string of the molecule is C#CCSC1CCCN(CCC(=O)O)C1. The van der Waals surface area contributed by atoms with Crippen molar-refractivity contribution in [3.8, 4) is 12.3 Å². The predicted octanol–water partition coefficient (Wildman–Crippen LogP) is 1.29. The molecule has 3 nitrogen and oxygen atoms in total. The highest BCUT2D eigenvalue weighted by molar-refractivity contribution is 8.00. The van der Waals surface area contributed by atoms with Crippen molar-refractivity contribution in [3.63, 3.8) is 0 Å². The monoisotopic (exact) mass is 227 g/mol. The van der Waals surface area contributed by atoms with E-state index in [1.807, 2.05) is 11.8 Å². The number of piperidine rings is 1. The van der Waals surface area contributed by atoms with Gasteiger partial charge in [0, 0.05) is 18.3 Å². The molecule has 4 heteroatoms. The minimum absolute atomic E-state index is 0.243. The summed E-state index contributed by atoms with van der Waals surface area (Å²) < 4.78 is 0. The van der Waals surface area contributed by atoms with Crippen molar-refractivity contribution in [2.24, 2.45) is 0 Å². The van der Waals surface area contributed by atoms with Gasteiger partial charge in [0.2, 0.25) is 0 Å². The number of carboxylic acid groups (broad SMARTS) is 1. The van der Waals surface area contributed by atoms with E-state index in [1.165, 1.54) is 6.42 Å². The summed E-state index contributed by atoms with van der Waals surface area (Å²) in [6.45, 7) is 2.68. The van der Waals surface area contributed by atoms with E-state index < -0.39 is 5.97 Å². The first-order valence-corrected chi connectivity index (χ1v) is 6.26. The van der Waals surface area contributed by atoms with E-state index in [0.717, 1.165) is 25.3 Å². The maximum atomic E-state index is 10.4. The van der Waals surface area contributed by atoms with Crippen molar-refractivity contribution in [3.05, 3.63) is 0 Å². The second-order valence-electron chi connectivity index (χ2n) is 3.72. The number of carbonyl (C=O) groups is 1. The molecule has 0 amide bonds. The summed E-state index contributed by atoms with van der Waals surface area (Å²) in [6, 6.07) is 0. The Morgan fingerprint density at radius 1 is 1.67 bits per heavy atom. The number of terminal acetylenes is 1. The van der Waals surface area contributed by atoms with Crippen LogP contribution in [0.5, 0.6) is 0 Å². The summed E-state index contributed by atoms with van der Waals surface area (Å²) in [6.07, 6.45) is 7.82. The molecule has 0 spiro atoms. The van der Waals surface area contributed by atoms with Gasteiger partial charge >= 0.3 is 5.97 Å². The minimum atomic E-state index is -0.714. The van der Waals surface area contributed by atoms with Crippen LogP contribution < -0.4 is 0 Å². The van der Waals surface area contributed by atoms with Gasteiger partial charge in [-0.25, -0.2) is 0 Å². The fourth-order valence-electron chi connectivity index (χ4n) is 1.77. The van der Waals surface area contributed by atoms with Crippen LogP contribution >= 0.6 is 11.8 Å². The topological polar surface area (TPSA) is 40.5 Å². The van der Waals surface area contributed by atoms with Crippen LogP contribution in [0.25, 0.3) is 0 Å². The van der Waals surface area contributed by atoms with Crippen molar-refractivity contribution in [2.45, 2.75) is 24.5 Å². The van der Waals surface area contributed by atoms with Crippen molar-refractivity contribution in [2.75, 3.05) is 25.4 Å². The van der Waals surface area contributed by atoms with E-state index in [-0.39, 0.29) is 6.42 Å². The molecule has 0 aromatic heterocycles. The molecule has 0 aromatic rings. The highest BCUT2D eigenvalue weighted by Crippen LogP contribution is 2.22. The number of hydrogen-bond acceptors (Lipinski definition) is 3. The van der Waals surface area contributed by atoms with Gasteiger partial charge < -0.3 is 10.0 Å². The van der Waals surface area contributed by atoms with Gasteiger partial charge in [-0.3, -0.25) is 4.79 Å². The van der Waals surface area contributed by atoms with Gasteiger partial charge in [-0.15, -0.1) is 18.2 Å². The predicted molar refractivity (Wildman–Crippen MR) is 63.0 cm³/mol. The third-order valence-corrected chi connectivity index (χ3v) is 3.70. The van der Waals surface area contributed by atoms with E-state index in [0.29, 0.717) is 11.8 Å². The summed E-state index contributed by atoms with van der Waals surface area (Å²) in [5.74, 6) is 2.68. The fraction of sp³-hybridized carbons (Fsp3) is 0.727. The fourth-order valence-corrected chi connectivity index (χ4v) is 2.75. The number of nitrogens with zero attached hydrogens (tertiary/aromatic N) is 1. The molecular formula is C11H17NO2S. The Bertz CT molecular complexity index is 249. The Morgan fingerprint density at radius 2 is 2.47 bits per heavy atom. The number of aliphatic carboxylic acids is 1. The summed E-state index contributed by atoms with van der Waals surface area (Å²) in [5, 5.41) is 9.18. The van der Waals surface area contributed by atoms with Gasteiger partial charge in [0.05, 0.1) is 12.2 Å². The van der Waals surface area contributed by atoms with Crippen LogP contribution in [0.2, 0.25) is 0 Å². The largest absolute Gasteiger partial charge is 0.481 e. The first-order valence-electron chi connectivity index (χ1n) is 5.21. The van der Waals surface area contributed by atoms with Crippen molar-refractivity contribution in [1.82, 2.24) is 4.90 Å². The number of carboxylic acids is 1. The molecule has 0 aliphatic carbocycles. The molecule has 1 aliphatic rings. The van der Waals surface area contributed by atoms with Crippen LogP contribution in [-0.2, 0) is 4.79 Å². The molecule has 1 heterocycles. The highest BCUT2D eigenvalue weighted by Gasteiger charge is 2.19. The summed E-state index contributed by atoms with van der Waals surface area (Å²) in [7, 11) is 0. The zero-order valence-corrected chi connectivity index (χ0v) is 9.63. The van der Waals surface area contributed by atoms with Crippen LogP contribution in [-0.4, -0.2) is 46.6 Å². The van der Waals surface area contributed by atoms with Crippen LogP contribution in [0.4, 0.5) is 0 Å². The smallest absolute Gasteiger partial charge is 0.304 e. The van der Waals surface area contributed by atoms with Gasteiger partial charge in [-0.2, -0.15) is 0 Å². The van der Waals surface area contributed by atoms with Crippen LogP contribution in [0.15, 0.2) is 0 Å². The molecule has 1 fully saturated rings. The van der Waals surface area contributed by atoms with Crippen molar-refractivity contribution in [1.29, 1.82) is 0 Å². The summed E-state index contributed by atoms with van der Waals surface area (Å²) >= 11 is 1.81. The number of thioether (sulfide) groups is 1. The van der Waals surface area contributed by atoms with Gasteiger partial charge in [0.25, 0.3) is 0 Å².